The van der Waals surface area contributed by atoms with Gasteiger partial charge in [-0.05, 0) is 43.0 Å². The molecule has 1 aromatic rings. The Kier molecular flexibility index (Phi) is 1.94. The molecule has 2 saturated heterocycles. The summed E-state index contributed by atoms with van der Waals surface area (Å²) >= 11 is 0. The quantitative estimate of drug-likeness (QED) is 0.651. The van der Waals surface area contributed by atoms with Crippen molar-refractivity contribution in [1.82, 2.24) is 9.88 Å². The van der Waals surface area contributed by atoms with E-state index in [1.807, 2.05) is 6.20 Å². The van der Waals surface area contributed by atoms with Crippen molar-refractivity contribution in [2.45, 2.75) is 50.0 Å². The zero-order valence-electron chi connectivity index (χ0n) is 10.7. The third-order valence-corrected chi connectivity index (χ3v) is 9.73. The maximum Gasteiger partial charge on any atom is 0.0862 e. The van der Waals surface area contributed by atoms with E-state index >= 15 is 0 Å². The summed E-state index contributed by atoms with van der Waals surface area (Å²) in [5.74, 6) is 0. The van der Waals surface area contributed by atoms with Gasteiger partial charge in [0.2, 0.25) is 0 Å². The molecule has 2 fully saturated rings. The molecular formula is C14H20N2Si. The fraction of sp³-hybridized carbons (Fsp3) is 0.643. The van der Waals surface area contributed by atoms with Gasteiger partial charge in [-0.1, -0.05) is 18.3 Å². The Bertz CT molecular complexity index is 471. The van der Waals surface area contributed by atoms with Crippen LogP contribution in [0.5, 0.6) is 0 Å². The lowest BCUT2D eigenvalue weighted by atomic mass is 10.1. The summed E-state index contributed by atoms with van der Waals surface area (Å²) in [7, 11) is -1.24. The largest absolute Gasteiger partial charge is 0.293 e. The Labute approximate surface area is 104 Å². The van der Waals surface area contributed by atoms with E-state index in [0.29, 0.717) is 0 Å². The standard InChI is InChI=1S/C14H20N2Si/c1-17(2)12-5-6-15-9-11(12)14-13(17)8-10-4-3-7-16(10)14/h5-6,9-10,13-14H,3-4,7-8H2,1-2H3. The van der Waals surface area contributed by atoms with Gasteiger partial charge in [-0.2, -0.15) is 0 Å². The zero-order chi connectivity index (χ0) is 11.6. The number of nitrogens with zero attached hydrogens (tertiary/aromatic N) is 2. The molecule has 0 radical (unpaired) electrons. The molecule has 0 aromatic carbocycles. The molecule has 0 spiro atoms. The van der Waals surface area contributed by atoms with Crippen LogP contribution in [0, 0.1) is 0 Å². The lowest BCUT2D eigenvalue weighted by Gasteiger charge is -2.26. The maximum atomic E-state index is 4.39. The number of aromatic nitrogens is 1. The third kappa shape index (κ3) is 1.17. The van der Waals surface area contributed by atoms with Crippen LogP contribution in [0.4, 0.5) is 0 Å². The van der Waals surface area contributed by atoms with Gasteiger partial charge in [0, 0.05) is 24.5 Å². The van der Waals surface area contributed by atoms with E-state index in [9.17, 15) is 0 Å². The fourth-order valence-electron chi connectivity index (χ4n) is 4.64. The van der Waals surface area contributed by atoms with Crippen molar-refractivity contribution in [2.75, 3.05) is 6.54 Å². The first-order valence-electron chi connectivity index (χ1n) is 6.90. The minimum absolute atomic E-state index is 0.730. The Morgan fingerprint density at radius 2 is 2.29 bits per heavy atom. The Morgan fingerprint density at radius 3 is 3.18 bits per heavy atom. The number of hydrogen-bond donors (Lipinski definition) is 0. The van der Waals surface area contributed by atoms with Crippen LogP contribution in [0.3, 0.4) is 0 Å². The molecule has 0 N–H and O–H groups in total. The molecule has 90 valence electrons. The molecule has 0 aliphatic carbocycles. The summed E-state index contributed by atoms with van der Waals surface area (Å²) in [4.78, 5) is 7.19. The minimum Gasteiger partial charge on any atom is -0.293 e. The van der Waals surface area contributed by atoms with E-state index in [1.54, 1.807) is 10.8 Å². The highest BCUT2D eigenvalue weighted by Crippen LogP contribution is 2.56. The summed E-state index contributed by atoms with van der Waals surface area (Å²) in [5, 5.41) is 1.69. The van der Waals surface area contributed by atoms with E-state index in [2.05, 4.69) is 35.2 Å². The molecule has 3 atom stereocenters. The Balaban J connectivity index is 1.87. The van der Waals surface area contributed by atoms with Crippen molar-refractivity contribution < 1.29 is 0 Å². The summed E-state index contributed by atoms with van der Waals surface area (Å²) in [6, 6.07) is 3.93. The average Bonchev–Trinajstić information content (AvgIpc) is 2.92. The predicted molar refractivity (Wildman–Crippen MR) is 72.2 cm³/mol. The highest BCUT2D eigenvalue weighted by atomic mass is 28.3. The molecule has 0 saturated carbocycles. The van der Waals surface area contributed by atoms with Crippen LogP contribution in [0.25, 0.3) is 0 Å². The van der Waals surface area contributed by atoms with Crippen molar-refractivity contribution in [3.8, 4) is 0 Å². The van der Waals surface area contributed by atoms with E-state index in [-0.39, 0.29) is 0 Å². The number of hydrogen-bond acceptors (Lipinski definition) is 2. The molecule has 0 amide bonds. The number of fused-ring (bicyclic) bond motifs is 5. The second kappa shape index (κ2) is 3.21. The molecule has 3 aliphatic heterocycles. The summed E-state index contributed by atoms with van der Waals surface area (Å²) in [6.45, 7) is 6.46. The summed E-state index contributed by atoms with van der Waals surface area (Å²) in [6.07, 6.45) is 8.46. The smallest absolute Gasteiger partial charge is 0.0862 e. The van der Waals surface area contributed by atoms with Crippen LogP contribution in [0.1, 0.15) is 30.9 Å². The van der Waals surface area contributed by atoms with Gasteiger partial charge in [0.15, 0.2) is 0 Å². The lowest BCUT2D eigenvalue weighted by molar-refractivity contribution is 0.250. The first-order valence-corrected chi connectivity index (χ1v) is 9.97. The van der Waals surface area contributed by atoms with E-state index in [4.69, 9.17) is 0 Å². The van der Waals surface area contributed by atoms with Gasteiger partial charge in [0.25, 0.3) is 0 Å². The molecule has 3 aliphatic rings. The van der Waals surface area contributed by atoms with Crippen LogP contribution in [0.15, 0.2) is 18.5 Å². The number of pyridine rings is 1. The molecule has 0 bridgehead atoms. The Morgan fingerprint density at radius 1 is 1.41 bits per heavy atom. The second-order valence-electron chi connectivity index (χ2n) is 6.51. The first kappa shape index (κ1) is 10.3. The summed E-state index contributed by atoms with van der Waals surface area (Å²) < 4.78 is 0. The number of rotatable bonds is 0. The van der Waals surface area contributed by atoms with Gasteiger partial charge in [0.05, 0.1) is 8.07 Å². The second-order valence-corrected chi connectivity index (χ2v) is 11.2. The van der Waals surface area contributed by atoms with Crippen LogP contribution in [0.2, 0.25) is 18.6 Å². The lowest BCUT2D eigenvalue weighted by Crippen LogP contribution is -2.42. The van der Waals surface area contributed by atoms with Gasteiger partial charge in [-0.3, -0.25) is 9.88 Å². The topological polar surface area (TPSA) is 16.1 Å². The van der Waals surface area contributed by atoms with Gasteiger partial charge < -0.3 is 0 Å². The van der Waals surface area contributed by atoms with Gasteiger partial charge in [0.1, 0.15) is 0 Å². The van der Waals surface area contributed by atoms with Crippen LogP contribution in [-0.2, 0) is 0 Å². The Hall–Kier alpha value is -0.673. The molecular weight excluding hydrogens is 224 g/mol. The molecule has 3 heteroatoms. The SMILES string of the molecule is C[Si]1(C)c2ccncc2C2C1CC1CCCN12. The fourth-order valence-corrected chi connectivity index (χ4v) is 8.53. The van der Waals surface area contributed by atoms with Gasteiger partial charge >= 0.3 is 0 Å². The van der Waals surface area contributed by atoms with Crippen LogP contribution >= 0.6 is 0 Å². The molecule has 1 aromatic heterocycles. The van der Waals surface area contributed by atoms with E-state index in [0.717, 1.165) is 17.6 Å². The van der Waals surface area contributed by atoms with Gasteiger partial charge in [-0.15, -0.1) is 0 Å². The van der Waals surface area contributed by atoms with Crippen LogP contribution < -0.4 is 5.19 Å². The maximum absolute atomic E-state index is 4.39. The van der Waals surface area contributed by atoms with E-state index < -0.39 is 8.07 Å². The first-order chi connectivity index (χ1) is 8.19. The van der Waals surface area contributed by atoms with Crippen molar-refractivity contribution in [1.29, 1.82) is 0 Å². The van der Waals surface area contributed by atoms with Crippen molar-refractivity contribution >= 4 is 13.3 Å². The molecule has 2 nitrogen and oxygen atoms in total. The third-order valence-electron chi connectivity index (χ3n) is 5.48. The zero-order valence-corrected chi connectivity index (χ0v) is 11.7. The highest BCUT2D eigenvalue weighted by Gasteiger charge is 2.56. The van der Waals surface area contributed by atoms with Crippen molar-refractivity contribution in [2.24, 2.45) is 0 Å². The van der Waals surface area contributed by atoms with Crippen LogP contribution in [-0.4, -0.2) is 30.5 Å². The minimum atomic E-state index is -1.24. The van der Waals surface area contributed by atoms with Crippen molar-refractivity contribution in [3.05, 3.63) is 24.0 Å². The molecule has 4 rings (SSSR count). The average molecular weight is 244 g/mol. The molecule has 4 heterocycles. The predicted octanol–water partition coefficient (Wildman–Crippen LogP) is 2.29. The normalized spacial score (nSPS) is 37.9. The molecule has 17 heavy (non-hydrogen) atoms. The van der Waals surface area contributed by atoms with E-state index in [1.165, 1.54) is 25.8 Å². The highest BCUT2D eigenvalue weighted by molar-refractivity contribution is 6.92. The molecule has 3 unspecified atom stereocenters. The van der Waals surface area contributed by atoms with Gasteiger partial charge in [-0.25, -0.2) is 0 Å². The monoisotopic (exact) mass is 244 g/mol. The summed E-state index contributed by atoms with van der Waals surface area (Å²) in [5.41, 5.74) is 2.53. The van der Waals surface area contributed by atoms with Crippen molar-refractivity contribution in [3.63, 3.8) is 0 Å².